The van der Waals surface area contributed by atoms with E-state index in [0.29, 0.717) is 0 Å². The lowest BCUT2D eigenvalue weighted by molar-refractivity contribution is 0.605. The predicted octanol–water partition coefficient (Wildman–Crippen LogP) is 3.73. The zero-order chi connectivity index (χ0) is 8.48. The summed E-state index contributed by atoms with van der Waals surface area (Å²) >= 11 is 5.32. The number of thiophene rings is 1. The highest BCUT2D eigenvalue weighted by molar-refractivity contribution is 9.09. The summed E-state index contributed by atoms with van der Waals surface area (Å²) in [5, 5.41) is 5.48. The van der Waals surface area contributed by atoms with Crippen LogP contribution >= 0.6 is 27.3 Å². The third-order valence-electron chi connectivity index (χ3n) is 1.92. The van der Waals surface area contributed by atoms with Crippen LogP contribution in [0.5, 0.6) is 0 Å². The van der Waals surface area contributed by atoms with E-state index in [9.17, 15) is 0 Å². The maximum atomic E-state index is 3.53. The fourth-order valence-corrected chi connectivity index (χ4v) is 2.47. The lowest BCUT2D eigenvalue weighted by Crippen LogP contribution is -2.18. The molecule has 0 unspecified atom stereocenters. The Bertz CT molecular complexity index is 237. The molecule has 0 fully saturated rings. The number of aryl methyl sites for hydroxylation is 1. The highest BCUT2D eigenvalue weighted by atomic mass is 79.9. The van der Waals surface area contributed by atoms with Crippen molar-refractivity contribution in [2.75, 3.05) is 5.33 Å². The molecule has 11 heavy (non-hydrogen) atoms. The maximum absolute atomic E-state index is 3.53. The number of halogens is 1. The largest absolute Gasteiger partial charge is 0.152 e. The zero-order valence-electron chi connectivity index (χ0n) is 7.15. The first kappa shape index (κ1) is 9.27. The van der Waals surface area contributed by atoms with E-state index >= 15 is 0 Å². The Hall–Kier alpha value is 0.180. The van der Waals surface area contributed by atoms with Crippen LogP contribution in [0.4, 0.5) is 0 Å². The van der Waals surface area contributed by atoms with Crippen LogP contribution in [0.2, 0.25) is 0 Å². The highest BCUT2D eigenvalue weighted by Gasteiger charge is 2.21. The molecule has 0 aliphatic rings. The minimum atomic E-state index is 0.282. The SMILES string of the molecule is Cc1cscc1C(C)(C)CBr. The van der Waals surface area contributed by atoms with Crippen LogP contribution in [0.25, 0.3) is 0 Å². The molecule has 1 rings (SSSR count). The van der Waals surface area contributed by atoms with Crippen molar-refractivity contribution in [2.24, 2.45) is 0 Å². The molecule has 0 nitrogen and oxygen atoms in total. The molecule has 0 atom stereocenters. The molecule has 0 N–H and O–H groups in total. The minimum Gasteiger partial charge on any atom is -0.152 e. The molecule has 62 valence electrons. The van der Waals surface area contributed by atoms with Crippen molar-refractivity contribution in [1.29, 1.82) is 0 Å². The van der Waals surface area contributed by atoms with Gasteiger partial charge in [0.1, 0.15) is 0 Å². The van der Waals surface area contributed by atoms with E-state index in [-0.39, 0.29) is 5.41 Å². The molecule has 0 aliphatic heterocycles. The van der Waals surface area contributed by atoms with Gasteiger partial charge >= 0.3 is 0 Å². The van der Waals surface area contributed by atoms with E-state index < -0.39 is 0 Å². The van der Waals surface area contributed by atoms with Crippen molar-refractivity contribution in [3.05, 3.63) is 21.9 Å². The van der Waals surface area contributed by atoms with Crippen LogP contribution in [0.1, 0.15) is 25.0 Å². The molecule has 0 bridgehead atoms. The zero-order valence-corrected chi connectivity index (χ0v) is 9.55. The van der Waals surface area contributed by atoms with Gasteiger partial charge in [-0.25, -0.2) is 0 Å². The van der Waals surface area contributed by atoms with Gasteiger partial charge in [0.15, 0.2) is 0 Å². The van der Waals surface area contributed by atoms with E-state index in [4.69, 9.17) is 0 Å². The Labute approximate surface area is 80.8 Å². The van der Waals surface area contributed by atoms with Gasteiger partial charge in [-0.3, -0.25) is 0 Å². The molecule has 0 amide bonds. The third-order valence-corrected chi connectivity index (χ3v) is 4.18. The molecule has 0 saturated heterocycles. The molecular weight excluding hydrogens is 220 g/mol. The summed E-state index contributed by atoms with van der Waals surface area (Å²) < 4.78 is 0. The molecule has 0 spiro atoms. The van der Waals surface area contributed by atoms with Crippen molar-refractivity contribution >= 4 is 27.3 Å². The van der Waals surface area contributed by atoms with Gasteiger partial charge in [-0.15, -0.1) is 0 Å². The second-order valence-electron chi connectivity index (χ2n) is 3.49. The summed E-state index contributed by atoms with van der Waals surface area (Å²) in [5.74, 6) is 0. The normalized spacial score (nSPS) is 12.0. The van der Waals surface area contributed by atoms with Crippen molar-refractivity contribution in [3.8, 4) is 0 Å². The molecule has 0 saturated carbocycles. The first-order chi connectivity index (χ1) is 5.08. The van der Waals surface area contributed by atoms with Gasteiger partial charge in [0.2, 0.25) is 0 Å². The van der Waals surface area contributed by atoms with Gasteiger partial charge in [-0.2, -0.15) is 11.3 Å². The third kappa shape index (κ3) is 1.85. The summed E-state index contributed by atoms with van der Waals surface area (Å²) in [6.45, 7) is 6.70. The quantitative estimate of drug-likeness (QED) is 0.683. The van der Waals surface area contributed by atoms with Crippen LogP contribution in [0.3, 0.4) is 0 Å². The van der Waals surface area contributed by atoms with E-state index in [1.54, 1.807) is 11.3 Å². The summed E-state index contributed by atoms with van der Waals surface area (Å²) in [6.07, 6.45) is 0. The van der Waals surface area contributed by atoms with Gasteiger partial charge in [0.25, 0.3) is 0 Å². The Kier molecular flexibility index (Phi) is 2.76. The number of alkyl halides is 1. The Balaban J connectivity index is 3.00. The lowest BCUT2D eigenvalue weighted by atomic mass is 9.87. The predicted molar refractivity (Wildman–Crippen MR) is 55.9 cm³/mol. The standard InChI is InChI=1S/C9H13BrS/c1-7-4-11-5-8(7)9(2,3)6-10/h4-5H,6H2,1-3H3. The monoisotopic (exact) mass is 232 g/mol. The molecule has 0 aromatic carbocycles. The molecule has 1 heterocycles. The smallest absolute Gasteiger partial charge is 0.0124 e. The maximum Gasteiger partial charge on any atom is 0.0124 e. The first-order valence-electron chi connectivity index (χ1n) is 3.67. The van der Waals surface area contributed by atoms with Gasteiger partial charge in [-0.1, -0.05) is 29.8 Å². The second kappa shape index (κ2) is 3.28. The Morgan fingerprint density at radius 1 is 1.45 bits per heavy atom. The summed E-state index contributed by atoms with van der Waals surface area (Å²) in [4.78, 5) is 0. The Morgan fingerprint density at radius 3 is 2.45 bits per heavy atom. The number of rotatable bonds is 2. The average molecular weight is 233 g/mol. The molecule has 0 radical (unpaired) electrons. The topological polar surface area (TPSA) is 0 Å². The number of hydrogen-bond donors (Lipinski definition) is 0. The molecule has 1 aromatic heterocycles. The molecule has 0 aliphatic carbocycles. The highest BCUT2D eigenvalue weighted by Crippen LogP contribution is 2.30. The van der Waals surface area contributed by atoms with Crippen LogP contribution in [0.15, 0.2) is 10.8 Å². The Morgan fingerprint density at radius 2 is 2.09 bits per heavy atom. The molecule has 1 aromatic rings. The van der Waals surface area contributed by atoms with E-state index in [0.717, 1.165) is 5.33 Å². The van der Waals surface area contributed by atoms with Crippen LogP contribution in [0, 0.1) is 6.92 Å². The number of hydrogen-bond acceptors (Lipinski definition) is 1. The van der Waals surface area contributed by atoms with Gasteiger partial charge < -0.3 is 0 Å². The van der Waals surface area contributed by atoms with E-state index in [1.807, 2.05) is 0 Å². The fraction of sp³-hybridized carbons (Fsp3) is 0.556. The van der Waals surface area contributed by atoms with Crippen molar-refractivity contribution < 1.29 is 0 Å². The van der Waals surface area contributed by atoms with Gasteiger partial charge in [-0.05, 0) is 28.8 Å². The molecular formula is C9H13BrS. The van der Waals surface area contributed by atoms with Crippen molar-refractivity contribution in [1.82, 2.24) is 0 Å². The van der Waals surface area contributed by atoms with Gasteiger partial charge in [0, 0.05) is 10.7 Å². The van der Waals surface area contributed by atoms with Crippen LogP contribution in [-0.4, -0.2) is 5.33 Å². The summed E-state index contributed by atoms with van der Waals surface area (Å²) in [5.41, 5.74) is 3.17. The van der Waals surface area contributed by atoms with Crippen molar-refractivity contribution in [3.63, 3.8) is 0 Å². The minimum absolute atomic E-state index is 0.282. The first-order valence-corrected chi connectivity index (χ1v) is 5.73. The van der Waals surface area contributed by atoms with Crippen LogP contribution < -0.4 is 0 Å². The van der Waals surface area contributed by atoms with Crippen LogP contribution in [-0.2, 0) is 5.41 Å². The van der Waals surface area contributed by atoms with Gasteiger partial charge in [0.05, 0.1) is 0 Å². The van der Waals surface area contributed by atoms with E-state index in [2.05, 4.69) is 47.5 Å². The average Bonchev–Trinajstić information content (AvgIpc) is 2.36. The van der Waals surface area contributed by atoms with E-state index in [1.165, 1.54) is 11.1 Å². The fourth-order valence-electron chi connectivity index (χ4n) is 1.13. The molecule has 2 heteroatoms. The lowest BCUT2D eigenvalue weighted by Gasteiger charge is -2.21. The summed E-state index contributed by atoms with van der Waals surface area (Å²) in [6, 6.07) is 0. The second-order valence-corrected chi connectivity index (χ2v) is 4.79. The van der Waals surface area contributed by atoms with Crippen molar-refractivity contribution in [2.45, 2.75) is 26.2 Å². The summed E-state index contributed by atoms with van der Waals surface area (Å²) in [7, 11) is 0.